The number of alkyl halides is 2. The van der Waals surface area contributed by atoms with Crippen LogP contribution in [0, 0.1) is 0 Å². The molecule has 0 aliphatic carbocycles. The van der Waals surface area contributed by atoms with Crippen LogP contribution in [0.1, 0.15) is 6.92 Å². The Hall–Kier alpha value is -0.480. The summed E-state index contributed by atoms with van der Waals surface area (Å²) in [5.74, 6) is -0.322. The molecule has 6 heteroatoms. The van der Waals surface area contributed by atoms with Crippen LogP contribution in [0.2, 0.25) is 0 Å². The monoisotopic (exact) mass is 210 g/mol. The lowest BCUT2D eigenvalue weighted by molar-refractivity contribution is -0.118. The van der Waals surface area contributed by atoms with Gasteiger partial charge in [0.15, 0.2) is 0 Å². The number of imide groups is 1. The maximum absolute atomic E-state index is 10.9. The molecule has 3 amide bonds. The van der Waals surface area contributed by atoms with E-state index in [0.29, 0.717) is 0 Å². The third-order valence-electron chi connectivity index (χ3n) is 1.34. The minimum absolute atomic E-state index is 0.0356. The molecule has 1 fully saturated rings. The number of hydrogen-bond acceptors (Lipinski definition) is 2. The van der Waals surface area contributed by atoms with Crippen LogP contribution in [-0.2, 0) is 4.79 Å². The molecule has 12 heavy (non-hydrogen) atoms. The number of amides is 3. The Balaban J connectivity index is 2.54. The molecule has 0 atom stereocenters. The number of urea groups is 1. The largest absolute Gasteiger partial charge is 0.324 e. The molecule has 0 saturated carbocycles. The number of rotatable bonds is 2. The molecule has 1 heterocycles. The Morgan fingerprint density at radius 3 is 2.50 bits per heavy atom. The van der Waals surface area contributed by atoms with E-state index in [-0.39, 0.29) is 19.0 Å². The molecule has 0 spiro atoms. The third kappa shape index (κ3) is 2.53. The normalized spacial score (nSPS) is 18.4. The van der Waals surface area contributed by atoms with Crippen LogP contribution in [0.5, 0.6) is 0 Å². The molecule has 0 aromatic rings. The molecular formula is C6H8Cl2N2O2. The smallest absolute Gasteiger partial charge is 0.312 e. The molecule has 1 saturated heterocycles. The van der Waals surface area contributed by atoms with E-state index in [2.05, 4.69) is 5.32 Å². The van der Waals surface area contributed by atoms with Crippen LogP contribution in [0.25, 0.3) is 0 Å². The summed E-state index contributed by atoms with van der Waals surface area (Å²) in [6, 6.07) is -0.437. The Bertz CT molecular complexity index is 224. The van der Waals surface area contributed by atoms with E-state index in [1.165, 1.54) is 4.90 Å². The van der Waals surface area contributed by atoms with Gasteiger partial charge >= 0.3 is 6.03 Å². The highest BCUT2D eigenvalue weighted by molar-refractivity contribution is 6.48. The lowest BCUT2D eigenvalue weighted by atomic mass is 10.4. The van der Waals surface area contributed by atoms with E-state index in [0.717, 1.165) is 0 Å². The van der Waals surface area contributed by atoms with E-state index in [1.54, 1.807) is 6.92 Å². The molecule has 1 rings (SSSR count). The summed E-state index contributed by atoms with van der Waals surface area (Å²) in [6.07, 6.45) is 0. The molecule has 0 aromatic carbocycles. The Morgan fingerprint density at radius 2 is 2.17 bits per heavy atom. The standard InChI is InChI=1S/C6H8Cl2N2O2/c1-6(7,8)3-10-2-4(11)9-5(10)12/h2-3H2,1H3,(H,9,11,12). The van der Waals surface area contributed by atoms with Crippen molar-refractivity contribution in [3.63, 3.8) is 0 Å². The van der Waals surface area contributed by atoms with Crippen molar-refractivity contribution in [1.82, 2.24) is 10.2 Å². The van der Waals surface area contributed by atoms with Crippen LogP contribution >= 0.6 is 23.2 Å². The van der Waals surface area contributed by atoms with Crippen molar-refractivity contribution in [1.29, 1.82) is 0 Å². The maximum Gasteiger partial charge on any atom is 0.324 e. The number of carbonyl (C=O) groups is 2. The third-order valence-corrected chi connectivity index (χ3v) is 1.58. The first-order valence-corrected chi connectivity index (χ1v) is 4.11. The van der Waals surface area contributed by atoms with E-state index >= 15 is 0 Å². The van der Waals surface area contributed by atoms with Crippen LogP contribution in [0.15, 0.2) is 0 Å². The molecule has 1 N–H and O–H groups in total. The zero-order valence-corrected chi connectivity index (χ0v) is 7.95. The number of carbonyl (C=O) groups excluding carboxylic acids is 2. The summed E-state index contributed by atoms with van der Waals surface area (Å²) in [7, 11) is 0. The first-order valence-electron chi connectivity index (χ1n) is 3.35. The van der Waals surface area contributed by atoms with E-state index in [1.807, 2.05) is 0 Å². The predicted octanol–water partition coefficient (Wildman–Crippen LogP) is 0.732. The zero-order valence-electron chi connectivity index (χ0n) is 6.43. The van der Waals surface area contributed by atoms with Crippen molar-refractivity contribution in [2.45, 2.75) is 11.3 Å². The van der Waals surface area contributed by atoms with Gasteiger partial charge in [0.2, 0.25) is 5.91 Å². The van der Waals surface area contributed by atoms with Gasteiger partial charge in [-0.1, -0.05) is 23.2 Å². The second kappa shape index (κ2) is 3.11. The quantitative estimate of drug-likeness (QED) is 0.540. The topological polar surface area (TPSA) is 49.4 Å². The van der Waals surface area contributed by atoms with Gasteiger partial charge in [-0.2, -0.15) is 0 Å². The van der Waals surface area contributed by atoms with Crippen molar-refractivity contribution >= 4 is 35.1 Å². The molecule has 0 bridgehead atoms. The average Bonchev–Trinajstić information content (AvgIpc) is 2.06. The summed E-state index contributed by atoms with van der Waals surface area (Å²) >= 11 is 11.3. The number of hydrogen-bond donors (Lipinski definition) is 1. The fourth-order valence-corrected chi connectivity index (χ4v) is 1.23. The molecule has 4 nitrogen and oxygen atoms in total. The summed E-state index contributed by atoms with van der Waals surface area (Å²) in [5.41, 5.74) is 0. The van der Waals surface area contributed by atoms with Crippen molar-refractivity contribution in [3.05, 3.63) is 0 Å². The van der Waals surface area contributed by atoms with Gasteiger partial charge in [0, 0.05) is 0 Å². The highest BCUT2D eigenvalue weighted by Crippen LogP contribution is 2.21. The fourth-order valence-electron chi connectivity index (χ4n) is 0.946. The van der Waals surface area contributed by atoms with Gasteiger partial charge in [-0.25, -0.2) is 4.79 Å². The van der Waals surface area contributed by atoms with Crippen LogP contribution < -0.4 is 5.32 Å². The Morgan fingerprint density at radius 1 is 1.58 bits per heavy atom. The molecule has 68 valence electrons. The minimum atomic E-state index is -1.01. The van der Waals surface area contributed by atoms with Gasteiger partial charge in [-0.3, -0.25) is 10.1 Å². The lowest BCUT2D eigenvalue weighted by Gasteiger charge is -2.20. The van der Waals surface area contributed by atoms with Crippen molar-refractivity contribution in [3.8, 4) is 0 Å². The Kier molecular flexibility index (Phi) is 2.49. The number of nitrogens with zero attached hydrogens (tertiary/aromatic N) is 1. The summed E-state index contributed by atoms with van der Waals surface area (Å²) in [6.45, 7) is 1.74. The maximum atomic E-state index is 10.9. The molecular weight excluding hydrogens is 203 g/mol. The van der Waals surface area contributed by atoms with Crippen LogP contribution in [0.4, 0.5) is 4.79 Å². The zero-order chi connectivity index (χ0) is 9.35. The van der Waals surface area contributed by atoms with Crippen molar-refractivity contribution in [2.75, 3.05) is 13.1 Å². The second-order valence-electron chi connectivity index (χ2n) is 2.78. The molecule has 0 radical (unpaired) electrons. The lowest BCUT2D eigenvalue weighted by Crippen LogP contribution is -2.36. The SMILES string of the molecule is CC(Cl)(Cl)CN1CC(=O)NC1=O. The molecule has 1 aliphatic rings. The Labute approximate surface area is 79.8 Å². The molecule has 1 aliphatic heterocycles. The van der Waals surface area contributed by atoms with Crippen LogP contribution in [-0.4, -0.2) is 34.3 Å². The van der Waals surface area contributed by atoms with Gasteiger partial charge in [0.1, 0.15) is 10.9 Å². The van der Waals surface area contributed by atoms with Gasteiger partial charge in [-0.15, -0.1) is 0 Å². The van der Waals surface area contributed by atoms with Gasteiger partial charge < -0.3 is 4.90 Å². The number of nitrogens with one attached hydrogen (secondary N) is 1. The van der Waals surface area contributed by atoms with Gasteiger partial charge in [0.25, 0.3) is 0 Å². The summed E-state index contributed by atoms with van der Waals surface area (Å²) < 4.78 is -1.01. The first kappa shape index (κ1) is 9.61. The van der Waals surface area contributed by atoms with Crippen molar-refractivity contribution < 1.29 is 9.59 Å². The summed E-state index contributed by atoms with van der Waals surface area (Å²) in [4.78, 5) is 22.9. The summed E-state index contributed by atoms with van der Waals surface area (Å²) in [5, 5.41) is 2.12. The first-order chi connectivity index (χ1) is 5.38. The van der Waals surface area contributed by atoms with E-state index in [9.17, 15) is 9.59 Å². The molecule has 0 aromatic heterocycles. The fraction of sp³-hybridized carbons (Fsp3) is 0.667. The van der Waals surface area contributed by atoms with Crippen LogP contribution in [0.3, 0.4) is 0 Å². The van der Waals surface area contributed by atoms with Gasteiger partial charge in [-0.05, 0) is 6.92 Å². The molecule has 0 unspecified atom stereocenters. The number of halogens is 2. The highest BCUT2D eigenvalue weighted by Gasteiger charge is 2.31. The predicted molar refractivity (Wildman–Crippen MR) is 45.2 cm³/mol. The van der Waals surface area contributed by atoms with E-state index < -0.39 is 10.4 Å². The highest BCUT2D eigenvalue weighted by atomic mass is 35.5. The van der Waals surface area contributed by atoms with Crippen molar-refractivity contribution in [2.24, 2.45) is 0 Å². The minimum Gasteiger partial charge on any atom is -0.312 e. The van der Waals surface area contributed by atoms with Gasteiger partial charge in [0.05, 0.1) is 6.54 Å². The average molecular weight is 211 g/mol. The second-order valence-corrected chi connectivity index (χ2v) is 4.64. The van der Waals surface area contributed by atoms with E-state index in [4.69, 9.17) is 23.2 Å².